The van der Waals surface area contributed by atoms with Gasteiger partial charge < -0.3 is 0 Å². The van der Waals surface area contributed by atoms with E-state index in [9.17, 15) is 0 Å². The summed E-state index contributed by atoms with van der Waals surface area (Å²) >= 11 is 17.5. The second-order valence-corrected chi connectivity index (χ2v) is 5.69. The Morgan fingerprint density at radius 2 is 2.00 bits per heavy atom. The normalized spacial score (nSPS) is 22.6. The largest absolute Gasteiger partial charge is 0.295 e. The highest BCUT2D eigenvalue weighted by molar-refractivity contribution is 6.67. The number of rotatable bonds is 2. The first kappa shape index (κ1) is 12.2. The summed E-state index contributed by atoms with van der Waals surface area (Å²) < 4.78 is -1.42. The van der Waals surface area contributed by atoms with Gasteiger partial charge in [0.05, 0.1) is 0 Å². The van der Waals surface area contributed by atoms with Gasteiger partial charge in [-0.25, -0.2) is 0 Å². The van der Waals surface area contributed by atoms with Crippen LogP contribution in [0.25, 0.3) is 0 Å². The van der Waals surface area contributed by atoms with Crippen LogP contribution in [0, 0.1) is 0 Å². The van der Waals surface area contributed by atoms with Crippen molar-refractivity contribution in [2.24, 2.45) is 5.10 Å². The minimum absolute atomic E-state index is 0.0301. The SMILES string of the molecule is CCC1N(C(C)C)N=CN1C(Cl)(Cl)Cl. The fourth-order valence-electron chi connectivity index (χ4n) is 1.49. The summed E-state index contributed by atoms with van der Waals surface area (Å²) in [5.74, 6) is 0. The van der Waals surface area contributed by atoms with Crippen molar-refractivity contribution >= 4 is 41.1 Å². The van der Waals surface area contributed by atoms with E-state index in [0.29, 0.717) is 6.04 Å². The second-order valence-electron chi connectivity index (χ2n) is 3.47. The fourth-order valence-corrected chi connectivity index (χ4v) is 1.96. The first-order valence-electron chi connectivity index (χ1n) is 4.55. The third-order valence-corrected chi connectivity index (χ3v) is 2.71. The minimum atomic E-state index is -1.42. The summed E-state index contributed by atoms with van der Waals surface area (Å²) in [4.78, 5) is 1.64. The predicted octanol–water partition coefficient (Wildman–Crippen LogP) is 3.02. The van der Waals surface area contributed by atoms with Gasteiger partial charge in [-0.3, -0.25) is 9.91 Å². The third-order valence-electron chi connectivity index (χ3n) is 2.12. The molecule has 0 saturated heterocycles. The Hall–Kier alpha value is 0.140. The number of halogens is 3. The predicted molar refractivity (Wildman–Crippen MR) is 61.7 cm³/mol. The van der Waals surface area contributed by atoms with Gasteiger partial charge in [-0.2, -0.15) is 5.10 Å². The molecule has 0 N–H and O–H groups in total. The highest BCUT2D eigenvalue weighted by atomic mass is 35.6. The van der Waals surface area contributed by atoms with Gasteiger partial charge in [0.1, 0.15) is 12.5 Å². The van der Waals surface area contributed by atoms with Crippen molar-refractivity contribution < 1.29 is 0 Å². The highest BCUT2D eigenvalue weighted by Crippen LogP contribution is 2.35. The van der Waals surface area contributed by atoms with E-state index in [4.69, 9.17) is 34.8 Å². The van der Waals surface area contributed by atoms with Crippen LogP contribution in [-0.4, -0.2) is 32.4 Å². The zero-order valence-corrected chi connectivity index (χ0v) is 10.7. The number of nitrogens with zero attached hydrogens (tertiary/aromatic N) is 3. The maximum Gasteiger partial charge on any atom is 0.270 e. The Kier molecular flexibility index (Phi) is 3.78. The van der Waals surface area contributed by atoms with E-state index >= 15 is 0 Å². The van der Waals surface area contributed by atoms with E-state index in [1.54, 1.807) is 11.2 Å². The van der Waals surface area contributed by atoms with Crippen LogP contribution >= 0.6 is 34.8 Å². The Morgan fingerprint density at radius 3 is 2.36 bits per heavy atom. The molecular formula is C8H14Cl3N3. The Morgan fingerprint density at radius 1 is 1.43 bits per heavy atom. The number of alkyl halides is 3. The molecule has 82 valence electrons. The van der Waals surface area contributed by atoms with Gasteiger partial charge in [0.2, 0.25) is 0 Å². The van der Waals surface area contributed by atoms with E-state index < -0.39 is 3.92 Å². The molecule has 1 rings (SSSR count). The summed E-state index contributed by atoms with van der Waals surface area (Å²) in [5.41, 5.74) is 0. The summed E-state index contributed by atoms with van der Waals surface area (Å²) in [7, 11) is 0. The molecular weight excluding hydrogens is 244 g/mol. The van der Waals surface area contributed by atoms with E-state index in [1.165, 1.54) is 0 Å². The minimum Gasteiger partial charge on any atom is -0.295 e. The van der Waals surface area contributed by atoms with Crippen LogP contribution in [0.2, 0.25) is 0 Å². The average Bonchev–Trinajstić information content (AvgIpc) is 2.45. The first-order valence-corrected chi connectivity index (χ1v) is 5.69. The van der Waals surface area contributed by atoms with Gasteiger partial charge in [-0.05, 0) is 20.3 Å². The van der Waals surface area contributed by atoms with Gasteiger partial charge in [0, 0.05) is 6.04 Å². The van der Waals surface area contributed by atoms with Crippen LogP contribution in [0.15, 0.2) is 5.10 Å². The lowest BCUT2D eigenvalue weighted by Crippen LogP contribution is -2.47. The molecule has 0 bridgehead atoms. The maximum absolute atomic E-state index is 5.82. The number of hydrazone groups is 1. The van der Waals surface area contributed by atoms with Crippen molar-refractivity contribution in [1.29, 1.82) is 0 Å². The van der Waals surface area contributed by atoms with Crippen molar-refractivity contribution in [1.82, 2.24) is 9.91 Å². The van der Waals surface area contributed by atoms with Gasteiger partial charge in [0.15, 0.2) is 0 Å². The lowest BCUT2D eigenvalue weighted by atomic mass is 10.3. The lowest BCUT2D eigenvalue weighted by molar-refractivity contribution is 0.0951. The van der Waals surface area contributed by atoms with Gasteiger partial charge in [0.25, 0.3) is 3.92 Å². The van der Waals surface area contributed by atoms with Crippen LogP contribution in [0.3, 0.4) is 0 Å². The van der Waals surface area contributed by atoms with Crippen LogP contribution < -0.4 is 0 Å². The van der Waals surface area contributed by atoms with Crippen molar-refractivity contribution in [3.8, 4) is 0 Å². The van der Waals surface area contributed by atoms with E-state index in [-0.39, 0.29) is 6.17 Å². The molecule has 0 aliphatic carbocycles. The van der Waals surface area contributed by atoms with Crippen LogP contribution in [0.5, 0.6) is 0 Å². The zero-order chi connectivity index (χ0) is 10.9. The maximum atomic E-state index is 5.82. The molecule has 0 radical (unpaired) electrons. The lowest BCUT2D eigenvalue weighted by Gasteiger charge is -2.35. The zero-order valence-electron chi connectivity index (χ0n) is 8.41. The van der Waals surface area contributed by atoms with Crippen molar-refractivity contribution in [3.05, 3.63) is 0 Å². The monoisotopic (exact) mass is 257 g/mol. The highest BCUT2D eigenvalue weighted by Gasteiger charge is 2.39. The van der Waals surface area contributed by atoms with Crippen molar-refractivity contribution in [2.75, 3.05) is 0 Å². The molecule has 0 aromatic rings. The molecule has 1 aliphatic heterocycles. The summed E-state index contributed by atoms with van der Waals surface area (Å²) in [6, 6.07) is 0.300. The summed E-state index contributed by atoms with van der Waals surface area (Å²) in [6.45, 7) is 6.15. The molecule has 0 aromatic carbocycles. The van der Waals surface area contributed by atoms with Crippen molar-refractivity contribution in [2.45, 2.75) is 43.3 Å². The molecule has 0 amide bonds. The Labute approximate surface area is 99.6 Å². The van der Waals surface area contributed by atoms with E-state index in [1.807, 2.05) is 11.9 Å². The number of hydrogen-bond donors (Lipinski definition) is 0. The van der Waals surface area contributed by atoms with Crippen molar-refractivity contribution in [3.63, 3.8) is 0 Å². The molecule has 14 heavy (non-hydrogen) atoms. The summed E-state index contributed by atoms with van der Waals surface area (Å²) in [5, 5.41) is 6.15. The number of hydrogen-bond acceptors (Lipinski definition) is 3. The molecule has 6 heteroatoms. The summed E-state index contributed by atoms with van der Waals surface area (Å²) in [6.07, 6.45) is 2.47. The molecule has 0 fully saturated rings. The van der Waals surface area contributed by atoms with E-state index in [0.717, 1.165) is 6.42 Å². The average molecular weight is 259 g/mol. The smallest absolute Gasteiger partial charge is 0.270 e. The second kappa shape index (κ2) is 4.33. The fraction of sp³-hybridized carbons (Fsp3) is 0.875. The molecule has 0 saturated carbocycles. The third kappa shape index (κ3) is 2.38. The van der Waals surface area contributed by atoms with Gasteiger partial charge in [-0.15, -0.1) is 0 Å². The molecule has 0 spiro atoms. The molecule has 3 nitrogen and oxygen atoms in total. The molecule has 1 atom stereocenters. The van der Waals surface area contributed by atoms with Crippen LogP contribution in [0.1, 0.15) is 27.2 Å². The van der Waals surface area contributed by atoms with E-state index in [2.05, 4.69) is 18.9 Å². The molecule has 0 aromatic heterocycles. The van der Waals surface area contributed by atoms with Crippen LogP contribution in [0.4, 0.5) is 0 Å². The first-order chi connectivity index (χ1) is 6.38. The van der Waals surface area contributed by atoms with Crippen LogP contribution in [-0.2, 0) is 0 Å². The topological polar surface area (TPSA) is 18.8 Å². The Balaban J connectivity index is 2.80. The molecule has 1 heterocycles. The Bertz CT molecular complexity index is 224. The quantitative estimate of drug-likeness (QED) is 0.560. The standard InChI is InChI=1S/C8H14Cl3N3/c1-4-7-13(8(9,10)11)5-12-14(7)6(2)3/h5-7H,4H2,1-3H3. The van der Waals surface area contributed by atoms with Gasteiger partial charge in [-0.1, -0.05) is 41.7 Å². The molecule has 1 unspecified atom stereocenters. The van der Waals surface area contributed by atoms with Gasteiger partial charge >= 0.3 is 0 Å². The molecule has 1 aliphatic rings.